The normalized spacial score (nSPS) is 22.7. The predicted octanol–water partition coefficient (Wildman–Crippen LogP) is 0.529. The number of hydrogen-bond acceptors (Lipinski definition) is 6. The van der Waals surface area contributed by atoms with Crippen molar-refractivity contribution in [2.75, 3.05) is 32.1 Å². The molecule has 1 aromatic rings. The molecular weight excluding hydrogens is 230 g/mol. The van der Waals surface area contributed by atoms with Gasteiger partial charge in [-0.15, -0.1) is 0 Å². The highest BCUT2D eigenvalue weighted by molar-refractivity contribution is 5.30. The molecule has 1 aliphatic rings. The number of nitriles is 1. The Balaban J connectivity index is 1.99. The van der Waals surface area contributed by atoms with Crippen molar-refractivity contribution in [2.45, 2.75) is 18.4 Å². The van der Waals surface area contributed by atoms with Gasteiger partial charge in [-0.25, -0.2) is 9.97 Å². The van der Waals surface area contributed by atoms with Gasteiger partial charge in [-0.3, -0.25) is 0 Å². The highest BCUT2D eigenvalue weighted by Crippen LogP contribution is 2.20. The number of methoxy groups -OCH3 is 1. The molecular formula is C12H17N5O. The van der Waals surface area contributed by atoms with Crippen molar-refractivity contribution in [2.24, 2.45) is 0 Å². The zero-order valence-electron chi connectivity index (χ0n) is 10.4. The minimum Gasteiger partial charge on any atom is -0.383 e. The zero-order valence-corrected chi connectivity index (χ0v) is 10.4. The molecule has 0 aromatic carbocycles. The monoisotopic (exact) mass is 247 g/mol. The standard InChI is InChI=1S/C12H17N5O/c1-18-9-12(4-2-5-16-12)8-15-11-14-6-3-10(7-13)17-11/h3,6,16H,2,4-5,8-9H2,1H3,(H,14,15,17). The van der Waals surface area contributed by atoms with Crippen LogP contribution in [0.1, 0.15) is 18.5 Å². The van der Waals surface area contributed by atoms with Crippen molar-refractivity contribution in [3.8, 4) is 6.07 Å². The van der Waals surface area contributed by atoms with Crippen LogP contribution in [0.4, 0.5) is 5.95 Å². The fraction of sp³-hybridized carbons (Fsp3) is 0.583. The molecule has 1 aliphatic heterocycles. The molecule has 0 bridgehead atoms. The molecule has 2 heterocycles. The van der Waals surface area contributed by atoms with Crippen LogP contribution >= 0.6 is 0 Å². The molecule has 0 spiro atoms. The lowest BCUT2D eigenvalue weighted by atomic mass is 9.99. The summed E-state index contributed by atoms with van der Waals surface area (Å²) in [6.45, 7) is 2.35. The van der Waals surface area contributed by atoms with Gasteiger partial charge in [-0.05, 0) is 25.5 Å². The van der Waals surface area contributed by atoms with Crippen LogP contribution < -0.4 is 10.6 Å². The largest absolute Gasteiger partial charge is 0.383 e. The van der Waals surface area contributed by atoms with E-state index in [4.69, 9.17) is 10.00 Å². The first kappa shape index (κ1) is 12.7. The zero-order chi connectivity index (χ0) is 12.8. The summed E-state index contributed by atoms with van der Waals surface area (Å²) in [4.78, 5) is 8.19. The van der Waals surface area contributed by atoms with E-state index in [1.807, 2.05) is 6.07 Å². The Hall–Kier alpha value is -1.71. The Morgan fingerprint density at radius 3 is 3.22 bits per heavy atom. The van der Waals surface area contributed by atoms with Gasteiger partial charge < -0.3 is 15.4 Å². The van der Waals surface area contributed by atoms with Crippen molar-refractivity contribution in [3.63, 3.8) is 0 Å². The Morgan fingerprint density at radius 1 is 1.67 bits per heavy atom. The van der Waals surface area contributed by atoms with Gasteiger partial charge in [-0.1, -0.05) is 0 Å². The van der Waals surface area contributed by atoms with Crippen molar-refractivity contribution in [3.05, 3.63) is 18.0 Å². The molecule has 2 rings (SSSR count). The maximum absolute atomic E-state index is 8.78. The Labute approximate surface area is 106 Å². The summed E-state index contributed by atoms with van der Waals surface area (Å²) in [5, 5.41) is 15.4. The van der Waals surface area contributed by atoms with E-state index in [0.717, 1.165) is 19.4 Å². The number of nitrogens with one attached hydrogen (secondary N) is 2. The SMILES string of the molecule is COCC1(CNc2nccc(C#N)n2)CCCN1. The molecule has 0 amide bonds. The van der Waals surface area contributed by atoms with Gasteiger partial charge in [0, 0.05) is 19.9 Å². The van der Waals surface area contributed by atoms with Crippen LogP contribution in [0.3, 0.4) is 0 Å². The van der Waals surface area contributed by atoms with E-state index in [2.05, 4.69) is 20.6 Å². The topological polar surface area (TPSA) is 82.9 Å². The van der Waals surface area contributed by atoms with E-state index in [-0.39, 0.29) is 5.54 Å². The fourth-order valence-electron chi connectivity index (χ4n) is 2.22. The molecule has 18 heavy (non-hydrogen) atoms. The third-order valence-corrected chi connectivity index (χ3v) is 3.11. The number of hydrogen-bond donors (Lipinski definition) is 2. The molecule has 0 aliphatic carbocycles. The fourth-order valence-corrected chi connectivity index (χ4v) is 2.22. The average Bonchev–Trinajstić information content (AvgIpc) is 2.86. The third-order valence-electron chi connectivity index (χ3n) is 3.11. The van der Waals surface area contributed by atoms with Crippen molar-refractivity contribution < 1.29 is 4.74 Å². The molecule has 1 aromatic heterocycles. The van der Waals surface area contributed by atoms with Gasteiger partial charge in [0.1, 0.15) is 11.8 Å². The van der Waals surface area contributed by atoms with Gasteiger partial charge in [-0.2, -0.15) is 5.26 Å². The summed E-state index contributed by atoms with van der Waals surface area (Å²) in [7, 11) is 1.70. The molecule has 6 heteroatoms. The van der Waals surface area contributed by atoms with Gasteiger partial charge >= 0.3 is 0 Å². The van der Waals surface area contributed by atoms with E-state index in [1.54, 1.807) is 19.4 Å². The summed E-state index contributed by atoms with van der Waals surface area (Å²) >= 11 is 0. The lowest BCUT2D eigenvalue weighted by Crippen LogP contribution is -2.49. The summed E-state index contributed by atoms with van der Waals surface area (Å²) in [6.07, 6.45) is 3.79. The number of aromatic nitrogens is 2. The Bertz CT molecular complexity index is 436. The minimum absolute atomic E-state index is 0.0548. The summed E-state index contributed by atoms with van der Waals surface area (Å²) < 4.78 is 5.27. The van der Waals surface area contributed by atoms with Crippen molar-refractivity contribution >= 4 is 5.95 Å². The summed E-state index contributed by atoms with van der Waals surface area (Å²) in [6, 6.07) is 3.59. The first-order valence-electron chi connectivity index (χ1n) is 5.99. The van der Waals surface area contributed by atoms with Crippen LogP contribution in [0, 0.1) is 11.3 Å². The molecule has 1 saturated heterocycles. The van der Waals surface area contributed by atoms with Crippen LogP contribution in [0.5, 0.6) is 0 Å². The van der Waals surface area contributed by atoms with Crippen LogP contribution in [0.25, 0.3) is 0 Å². The maximum Gasteiger partial charge on any atom is 0.223 e. The lowest BCUT2D eigenvalue weighted by Gasteiger charge is -2.28. The van der Waals surface area contributed by atoms with Crippen LogP contribution in [-0.2, 0) is 4.74 Å². The minimum atomic E-state index is -0.0548. The second kappa shape index (κ2) is 5.76. The van der Waals surface area contributed by atoms with E-state index in [0.29, 0.717) is 24.8 Å². The Morgan fingerprint density at radius 2 is 2.56 bits per heavy atom. The van der Waals surface area contributed by atoms with Gasteiger partial charge in [0.25, 0.3) is 0 Å². The first-order chi connectivity index (χ1) is 8.78. The molecule has 0 radical (unpaired) electrons. The molecule has 1 unspecified atom stereocenters. The molecule has 96 valence electrons. The maximum atomic E-state index is 8.78. The lowest BCUT2D eigenvalue weighted by molar-refractivity contribution is 0.127. The van der Waals surface area contributed by atoms with E-state index in [9.17, 15) is 0 Å². The van der Waals surface area contributed by atoms with Crippen LogP contribution in [-0.4, -0.2) is 42.3 Å². The molecule has 2 N–H and O–H groups in total. The van der Waals surface area contributed by atoms with Crippen LogP contribution in [0.2, 0.25) is 0 Å². The van der Waals surface area contributed by atoms with E-state index in [1.165, 1.54) is 0 Å². The molecule has 6 nitrogen and oxygen atoms in total. The molecule has 1 atom stereocenters. The smallest absolute Gasteiger partial charge is 0.223 e. The van der Waals surface area contributed by atoms with Gasteiger partial charge in [0.15, 0.2) is 0 Å². The number of ether oxygens (including phenoxy) is 1. The third kappa shape index (κ3) is 2.94. The van der Waals surface area contributed by atoms with Gasteiger partial charge in [0.2, 0.25) is 5.95 Å². The van der Waals surface area contributed by atoms with Crippen LogP contribution in [0.15, 0.2) is 12.3 Å². The van der Waals surface area contributed by atoms with E-state index < -0.39 is 0 Å². The summed E-state index contributed by atoms with van der Waals surface area (Å²) in [5.41, 5.74) is 0.313. The van der Waals surface area contributed by atoms with E-state index >= 15 is 0 Å². The first-order valence-corrected chi connectivity index (χ1v) is 5.99. The van der Waals surface area contributed by atoms with Gasteiger partial charge in [0.05, 0.1) is 12.1 Å². The quantitative estimate of drug-likeness (QED) is 0.789. The second-order valence-corrected chi connectivity index (χ2v) is 4.47. The number of rotatable bonds is 5. The second-order valence-electron chi connectivity index (χ2n) is 4.47. The predicted molar refractivity (Wildman–Crippen MR) is 67.1 cm³/mol. The Kier molecular flexibility index (Phi) is 4.07. The number of anilines is 1. The van der Waals surface area contributed by atoms with Crippen molar-refractivity contribution in [1.29, 1.82) is 5.26 Å². The van der Waals surface area contributed by atoms with Crippen molar-refractivity contribution in [1.82, 2.24) is 15.3 Å². The summed E-state index contributed by atoms with van der Waals surface area (Å²) in [5.74, 6) is 0.484. The number of nitrogens with zero attached hydrogens (tertiary/aromatic N) is 3. The highest BCUT2D eigenvalue weighted by atomic mass is 16.5. The average molecular weight is 247 g/mol. The highest BCUT2D eigenvalue weighted by Gasteiger charge is 2.33. The molecule has 1 fully saturated rings. The molecule has 0 saturated carbocycles.